The summed E-state index contributed by atoms with van der Waals surface area (Å²) in [6.45, 7) is 3.88. The Morgan fingerprint density at radius 2 is 2.24 bits per heavy atom. The van der Waals surface area contributed by atoms with E-state index < -0.39 is 0 Å². The number of aromatic nitrogens is 1. The highest BCUT2D eigenvalue weighted by atomic mass is 16.3. The third-order valence-electron chi connectivity index (χ3n) is 2.66. The Kier molecular flexibility index (Phi) is 4.12. The Labute approximate surface area is 101 Å². The van der Waals surface area contributed by atoms with E-state index in [2.05, 4.69) is 16.4 Å². The second kappa shape index (κ2) is 5.80. The normalized spacial score (nSPS) is 11.2. The third-order valence-corrected chi connectivity index (χ3v) is 2.66. The van der Waals surface area contributed by atoms with Gasteiger partial charge in [0.15, 0.2) is 11.5 Å². The van der Waals surface area contributed by atoms with Gasteiger partial charge in [0, 0.05) is 13.5 Å². The first-order valence-electron chi connectivity index (χ1n) is 5.97. The van der Waals surface area contributed by atoms with E-state index in [0.717, 1.165) is 37.0 Å². The summed E-state index contributed by atoms with van der Waals surface area (Å²) in [6, 6.07) is 6.12. The monoisotopic (exact) mass is 234 g/mol. The maximum absolute atomic E-state index is 8.64. The third kappa shape index (κ3) is 3.28. The van der Waals surface area contributed by atoms with Gasteiger partial charge >= 0.3 is 0 Å². The van der Waals surface area contributed by atoms with Crippen molar-refractivity contribution >= 4 is 11.1 Å². The summed E-state index contributed by atoms with van der Waals surface area (Å²) in [5, 5.41) is 11.9. The first-order chi connectivity index (χ1) is 8.29. The number of nitrogens with one attached hydrogen (secondary N) is 1. The van der Waals surface area contributed by atoms with Crippen LogP contribution in [-0.2, 0) is 6.42 Å². The molecule has 0 amide bonds. The minimum atomic E-state index is 0.246. The molecule has 0 atom stereocenters. The molecule has 0 saturated heterocycles. The molecule has 1 aromatic carbocycles. The number of rotatable bonds is 6. The molecule has 0 unspecified atom stereocenters. The number of benzene rings is 1. The highest BCUT2D eigenvalue weighted by Gasteiger charge is 2.02. The van der Waals surface area contributed by atoms with E-state index in [0.29, 0.717) is 5.89 Å². The van der Waals surface area contributed by atoms with Crippen molar-refractivity contribution in [2.75, 3.05) is 19.7 Å². The van der Waals surface area contributed by atoms with Crippen LogP contribution >= 0.6 is 0 Å². The van der Waals surface area contributed by atoms with Crippen LogP contribution in [0.4, 0.5) is 0 Å². The highest BCUT2D eigenvalue weighted by molar-refractivity contribution is 5.73. The summed E-state index contributed by atoms with van der Waals surface area (Å²) >= 11 is 0. The van der Waals surface area contributed by atoms with Crippen molar-refractivity contribution in [1.82, 2.24) is 10.3 Å². The molecule has 0 aliphatic carbocycles. The minimum absolute atomic E-state index is 0.246. The molecule has 4 nitrogen and oxygen atoms in total. The Hall–Kier alpha value is -1.39. The van der Waals surface area contributed by atoms with Crippen molar-refractivity contribution in [2.45, 2.75) is 19.8 Å². The molecule has 0 fully saturated rings. The van der Waals surface area contributed by atoms with Crippen molar-refractivity contribution in [3.05, 3.63) is 29.7 Å². The summed E-state index contributed by atoms with van der Waals surface area (Å²) in [6.07, 6.45) is 1.77. The van der Waals surface area contributed by atoms with Crippen molar-refractivity contribution in [2.24, 2.45) is 0 Å². The van der Waals surface area contributed by atoms with Crippen LogP contribution in [0.15, 0.2) is 22.6 Å². The Bertz CT molecular complexity index is 479. The standard InChI is InChI=1S/C13H18N2O2/c1-10-15-12-4-3-11(9-13(12)17-10)5-7-14-6-2-8-16/h3-4,9,14,16H,2,5-8H2,1H3. The van der Waals surface area contributed by atoms with Gasteiger partial charge in [0.05, 0.1) is 0 Å². The van der Waals surface area contributed by atoms with Crippen LogP contribution in [0, 0.1) is 6.92 Å². The lowest BCUT2D eigenvalue weighted by Crippen LogP contribution is -2.19. The molecule has 0 spiro atoms. The molecule has 2 N–H and O–H groups in total. The van der Waals surface area contributed by atoms with Gasteiger partial charge in [0.2, 0.25) is 0 Å². The zero-order chi connectivity index (χ0) is 12.1. The maximum atomic E-state index is 8.64. The van der Waals surface area contributed by atoms with Crippen LogP contribution in [0.3, 0.4) is 0 Å². The quantitative estimate of drug-likeness (QED) is 0.746. The van der Waals surface area contributed by atoms with Crippen molar-refractivity contribution < 1.29 is 9.52 Å². The molecule has 1 heterocycles. The Morgan fingerprint density at radius 1 is 1.35 bits per heavy atom. The van der Waals surface area contributed by atoms with E-state index in [9.17, 15) is 0 Å². The van der Waals surface area contributed by atoms with Crippen molar-refractivity contribution in [1.29, 1.82) is 0 Å². The van der Waals surface area contributed by atoms with Gasteiger partial charge in [-0.2, -0.15) is 0 Å². The summed E-state index contributed by atoms with van der Waals surface area (Å²) in [7, 11) is 0. The fraction of sp³-hybridized carbons (Fsp3) is 0.462. The van der Waals surface area contributed by atoms with Crippen LogP contribution in [0.25, 0.3) is 11.1 Å². The van der Waals surface area contributed by atoms with E-state index in [-0.39, 0.29) is 6.61 Å². The van der Waals surface area contributed by atoms with Crippen LogP contribution < -0.4 is 5.32 Å². The molecular weight excluding hydrogens is 216 g/mol. The minimum Gasteiger partial charge on any atom is -0.441 e. The van der Waals surface area contributed by atoms with Gasteiger partial charge < -0.3 is 14.8 Å². The number of fused-ring (bicyclic) bond motifs is 1. The molecule has 2 aromatic rings. The van der Waals surface area contributed by atoms with Crippen LogP contribution in [-0.4, -0.2) is 29.8 Å². The van der Waals surface area contributed by atoms with Gasteiger partial charge in [0.25, 0.3) is 0 Å². The van der Waals surface area contributed by atoms with Gasteiger partial charge in [-0.05, 0) is 43.6 Å². The first-order valence-corrected chi connectivity index (χ1v) is 5.97. The number of aryl methyl sites for hydroxylation is 1. The van der Waals surface area contributed by atoms with Crippen molar-refractivity contribution in [3.8, 4) is 0 Å². The van der Waals surface area contributed by atoms with Crippen LogP contribution in [0.5, 0.6) is 0 Å². The average molecular weight is 234 g/mol. The van der Waals surface area contributed by atoms with Gasteiger partial charge in [-0.15, -0.1) is 0 Å². The van der Waals surface area contributed by atoms with Gasteiger partial charge in [0.1, 0.15) is 5.52 Å². The van der Waals surface area contributed by atoms with E-state index in [1.54, 1.807) is 0 Å². The van der Waals surface area contributed by atoms with Crippen LogP contribution in [0.2, 0.25) is 0 Å². The second-order valence-corrected chi connectivity index (χ2v) is 4.11. The fourth-order valence-electron chi connectivity index (χ4n) is 1.80. The van der Waals surface area contributed by atoms with Gasteiger partial charge in [-0.3, -0.25) is 0 Å². The number of hydrogen-bond donors (Lipinski definition) is 2. The topological polar surface area (TPSA) is 58.3 Å². The van der Waals surface area contributed by atoms with Crippen LogP contribution in [0.1, 0.15) is 17.9 Å². The molecule has 4 heteroatoms. The fourth-order valence-corrected chi connectivity index (χ4v) is 1.80. The molecule has 17 heavy (non-hydrogen) atoms. The number of hydrogen-bond acceptors (Lipinski definition) is 4. The zero-order valence-corrected chi connectivity index (χ0v) is 10.1. The molecule has 0 bridgehead atoms. The molecule has 0 aliphatic heterocycles. The summed E-state index contributed by atoms with van der Waals surface area (Å²) in [5.74, 6) is 0.707. The van der Waals surface area contributed by atoms with Gasteiger partial charge in [-0.25, -0.2) is 4.98 Å². The van der Waals surface area contributed by atoms with E-state index >= 15 is 0 Å². The predicted molar refractivity (Wildman–Crippen MR) is 67.0 cm³/mol. The summed E-state index contributed by atoms with van der Waals surface area (Å²) in [5.41, 5.74) is 3.01. The smallest absolute Gasteiger partial charge is 0.192 e. The lowest BCUT2D eigenvalue weighted by atomic mass is 10.1. The Morgan fingerprint density at radius 3 is 3.06 bits per heavy atom. The number of aliphatic hydroxyl groups is 1. The summed E-state index contributed by atoms with van der Waals surface area (Å²) < 4.78 is 5.49. The molecule has 92 valence electrons. The second-order valence-electron chi connectivity index (χ2n) is 4.11. The first kappa shape index (κ1) is 12.1. The SMILES string of the molecule is Cc1nc2ccc(CCNCCCO)cc2o1. The number of nitrogens with zero attached hydrogens (tertiary/aromatic N) is 1. The number of oxazole rings is 1. The number of aliphatic hydroxyl groups excluding tert-OH is 1. The molecule has 2 rings (SSSR count). The highest BCUT2D eigenvalue weighted by Crippen LogP contribution is 2.16. The molecule has 1 aromatic heterocycles. The molecule has 0 saturated carbocycles. The maximum Gasteiger partial charge on any atom is 0.192 e. The molecule has 0 radical (unpaired) electrons. The lowest BCUT2D eigenvalue weighted by molar-refractivity contribution is 0.286. The average Bonchev–Trinajstić information content (AvgIpc) is 2.68. The summed E-state index contributed by atoms with van der Waals surface area (Å²) in [4.78, 5) is 4.26. The zero-order valence-electron chi connectivity index (χ0n) is 10.1. The largest absolute Gasteiger partial charge is 0.441 e. The van der Waals surface area contributed by atoms with Gasteiger partial charge in [-0.1, -0.05) is 6.07 Å². The van der Waals surface area contributed by atoms with E-state index in [1.807, 2.05) is 19.1 Å². The molecule has 0 aliphatic rings. The Balaban J connectivity index is 1.90. The molecular formula is C13H18N2O2. The lowest BCUT2D eigenvalue weighted by Gasteiger charge is -2.03. The van der Waals surface area contributed by atoms with E-state index in [4.69, 9.17) is 9.52 Å². The van der Waals surface area contributed by atoms with E-state index in [1.165, 1.54) is 5.56 Å². The predicted octanol–water partition coefficient (Wildman–Crippen LogP) is 1.65. The van der Waals surface area contributed by atoms with Crippen molar-refractivity contribution in [3.63, 3.8) is 0 Å².